The summed E-state index contributed by atoms with van der Waals surface area (Å²) < 4.78 is 9.93. The Labute approximate surface area is 121 Å². The minimum Gasteiger partial charge on any atom is -0.507 e. The molecule has 0 fully saturated rings. The number of benzene rings is 1. The van der Waals surface area contributed by atoms with Gasteiger partial charge in [-0.15, -0.1) is 0 Å². The van der Waals surface area contributed by atoms with Gasteiger partial charge in [0.2, 0.25) is 0 Å². The first-order valence-electron chi connectivity index (χ1n) is 5.86. The summed E-state index contributed by atoms with van der Waals surface area (Å²) in [6.07, 6.45) is 0.747. The van der Waals surface area contributed by atoms with Crippen molar-refractivity contribution in [1.29, 1.82) is 0 Å². The van der Waals surface area contributed by atoms with E-state index in [9.17, 15) is 9.90 Å². The van der Waals surface area contributed by atoms with Gasteiger partial charge in [0.05, 0.1) is 19.3 Å². The van der Waals surface area contributed by atoms with Crippen LogP contribution >= 0.6 is 15.9 Å². The molecule has 106 valence electrons. The topological polar surface area (TPSA) is 67.8 Å². The summed E-state index contributed by atoms with van der Waals surface area (Å²) in [5.41, 5.74) is 0.235. The van der Waals surface area contributed by atoms with Gasteiger partial charge in [0.1, 0.15) is 11.5 Å². The van der Waals surface area contributed by atoms with Crippen LogP contribution in [0.2, 0.25) is 0 Å². The third-order valence-corrected chi connectivity index (χ3v) is 3.26. The van der Waals surface area contributed by atoms with Crippen LogP contribution < -0.4 is 10.1 Å². The van der Waals surface area contributed by atoms with E-state index in [0.29, 0.717) is 18.9 Å². The van der Waals surface area contributed by atoms with E-state index < -0.39 is 0 Å². The lowest BCUT2D eigenvalue weighted by atomic mass is 10.1. The molecule has 1 unspecified atom stereocenters. The molecule has 0 aliphatic carbocycles. The Morgan fingerprint density at radius 3 is 2.79 bits per heavy atom. The first-order valence-corrected chi connectivity index (χ1v) is 6.78. The van der Waals surface area contributed by atoms with E-state index in [4.69, 9.17) is 9.47 Å². The van der Waals surface area contributed by atoms with Crippen LogP contribution in [0.5, 0.6) is 11.5 Å². The number of phenols is 1. The average molecular weight is 332 g/mol. The Bertz CT molecular complexity index is 425. The van der Waals surface area contributed by atoms with E-state index in [1.54, 1.807) is 13.2 Å². The third kappa shape index (κ3) is 5.08. The van der Waals surface area contributed by atoms with Crippen LogP contribution in [-0.2, 0) is 4.74 Å². The standard InChI is InChI=1S/C13H18BrNO4/c1-18-8-9(14)5-6-15-13(17)11-4-3-10(19-2)7-12(11)16/h3-4,7,9,16H,5-6,8H2,1-2H3,(H,15,17). The van der Waals surface area contributed by atoms with Gasteiger partial charge in [-0.25, -0.2) is 0 Å². The lowest BCUT2D eigenvalue weighted by Gasteiger charge is -2.10. The minimum atomic E-state index is -0.308. The van der Waals surface area contributed by atoms with E-state index in [1.807, 2.05) is 0 Å². The molecule has 1 rings (SSSR count). The SMILES string of the molecule is COCC(Br)CCNC(=O)c1ccc(OC)cc1O. The molecule has 1 amide bonds. The number of halogens is 1. The van der Waals surface area contributed by atoms with Gasteiger partial charge in [-0.2, -0.15) is 0 Å². The number of nitrogens with one attached hydrogen (secondary N) is 1. The molecule has 2 N–H and O–H groups in total. The van der Waals surface area contributed by atoms with Crippen molar-refractivity contribution < 1.29 is 19.4 Å². The minimum absolute atomic E-state index is 0.0934. The summed E-state index contributed by atoms with van der Waals surface area (Å²) in [5, 5.41) is 12.5. The van der Waals surface area contributed by atoms with Gasteiger partial charge in [-0.1, -0.05) is 15.9 Å². The second-order valence-corrected chi connectivity index (χ2v) is 5.28. The highest BCUT2D eigenvalue weighted by atomic mass is 79.9. The van der Waals surface area contributed by atoms with E-state index in [0.717, 1.165) is 6.42 Å². The number of phenolic OH excluding ortho intramolecular Hbond substituents is 1. The first-order chi connectivity index (χ1) is 9.08. The number of methoxy groups -OCH3 is 2. The number of alkyl halides is 1. The lowest BCUT2D eigenvalue weighted by molar-refractivity contribution is 0.0949. The second-order valence-electron chi connectivity index (χ2n) is 3.98. The van der Waals surface area contributed by atoms with E-state index in [-0.39, 0.29) is 22.0 Å². The summed E-state index contributed by atoms with van der Waals surface area (Å²) in [6.45, 7) is 1.09. The van der Waals surface area contributed by atoms with Crippen LogP contribution in [0.15, 0.2) is 18.2 Å². The second kappa shape index (κ2) is 8.01. The monoisotopic (exact) mass is 331 g/mol. The highest BCUT2D eigenvalue weighted by Gasteiger charge is 2.12. The smallest absolute Gasteiger partial charge is 0.255 e. The molecular formula is C13H18BrNO4. The van der Waals surface area contributed by atoms with Gasteiger partial charge in [-0.3, -0.25) is 4.79 Å². The molecule has 6 heteroatoms. The van der Waals surface area contributed by atoms with Crippen LogP contribution in [0.25, 0.3) is 0 Å². The van der Waals surface area contributed by atoms with Crippen LogP contribution in [0.1, 0.15) is 16.8 Å². The van der Waals surface area contributed by atoms with Crippen LogP contribution in [-0.4, -0.2) is 43.2 Å². The van der Waals surface area contributed by atoms with Crippen molar-refractivity contribution in [1.82, 2.24) is 5.32 Å². The molecule has 0 saturated carbocycles. The highest BCUT2D eigenvalue weighted by Crippen LogP contribution is 2.23. The molecule has 0 heterocycles. The fourth-order valence-corrected chi connectivity index (χ4v) is 2.03. The van der Waals surface area contributed by atoms with Crippen LogP contribution in [0.4, 0.5) is 0 Å². The summed E-state index contributed by atoms with van der Waals surface area (Å²) in [6, 6.07) is 4.57. The molecule has 5 nitrogen and oxygen atoms in total. The van der Waals surface area contributed by atoms with E-state index in [1.165, 1.54) is 19.2 Å². The van der Waals surface area contributed by atoms with E-state index >= 15 is 0 Å². The number of aromatic hydroxyl groups is 1. The average Bonchev–Trinajstić information content (AvgIpc) is 2.38. The first kappa shape index (κ1) is 15.8. The van der Waals surface area contributed by atoms with Gasteiger partial charge < -0.3 is 19.9 Å². The van der Waals surface area contributed by atoms with Gasteiger partial charge in [0, 0.05) is 24.5 Å². The molecule has 19 heavy (non-hydrogen) atoms. The van der Waals surface area contributed by atoms with Gasteiger partial charge in [0.15, 0.2) is 0 Å². The highest BCUT2D eigenvalue weighted by molar-refractivity contribution is 9.09. The van der Waals surface area contributed by atoms with Crippen molar-refractivity contribution in [3.63, 3.8) is 0 Å². The number of hydrogen-bond donors (Lipinski definition) is 2. The number of hydrogen-bond acceptors (Lipinski definition) is 4. The number of carbonyl (C=O) groups excluding carboxylic acids is 1. The number of ether oxygens (including phenoxy) is 2. The fourth-order valence-electron chi connectivity index (χ4n) is 1.53. The predicted octanol–water partition coefficient (Wildman–Crippen LogP) is 1.93. The van der Waals surface area contributed by atoms with Crippen LogP contribution in [0, 0.1) is 0 Å². The Balaban J connectivity index is 2.50. The summed E-state index contributed by atoms with van der Waals surface area (Å²) in [7, 11) is 3.13. The maximum atomic E-state index is 11.8. The largest absolute Gasteiger partial charge is 0.507 e. The molecule has 0 aliphatic rings. The van der Waals surface area contributed by atoms with Crippen molar-refractivity contribution in [2.45, 2.75) is 11.2 Å². The Morgan fingerprint density at radius 2 is 2.21 bits per heavy atom. The third-order valence-electron chi connectivity index (χ3n) is 2.54. The fraction of sp³-hybridized carbons (Fsp3) is 0.462. The molecule has 0 aliphatic heterocycles. The summed E-state index contributed by atoms with van der Waals surface area (Å²) in [4.78, 5) is 12.0. The molecule has 0 aromatic heterocycles. The zero-order valence-corrected chi connectivity index (χ0v) is 12.6. The zero-order chi connectivity index (χ0) is 14.3. The van der Waals surface area contributed by atoms with Gasteiger partial charge in [0.25, 0.3) is 5.91 Å². The Morgan fingerprint density at radius 1 is 1.47 bits per heavy atom. The number of carbonyl (C=O) groups is 1. The molecule has 1 atom stereocenters. The molecule has 0 radical (unpaired) electrons. The molecule has 0 saturated heterocycles. The summed E-state index contributed by atoms with van der Waals surface area (Å²) in [5.74, 6) is 0.107. The van der Waals surface area contributed by atoms with Gasteiger partial charge in [-0.05, 0) is 18.6 Å². The van der Waals surface area contributed by atoms with Gasteiger partial charge >= 0.3 is 0 Å². The number of rotatable bonds is 7. The Kier molecular flexibility index (Phi) is 6.66. The van der Waals surface area contributed by atoms with Crippen LogP contribution in [0.3, 0.4) is 0 Å². The van der Waals surface area contributed by atoms with Crippen molar-refractivity contribution in [3.8, 4) is 11.5 Å². The quantitative estimate of drug-likeness (QED) is 0.749. The van der Waals surface area contributed by atoms with Crippen molar-refractivity contribution in [3.05, 3.63) is 23.8 Å². The molecule has 1 aromatic rings. The molecule has 0 spiro atoms. The van der Waals surface area contributed by atoms with Crippen molar-refractivity contribution >= 4 is 21.8 Å². The van der Waals surface area contributed by atoms with E-state index in [2.05, 4.69) is 21.2 Å². The molecule has 0 bridgehead atoms. The Hall–Kier alpha value is -1.27. The maximum absolute atomic E-state index is 11.8. The van der Waals surface area contributed by atoms with Crippen molar-refractivity contribution in [2.24, 2.45) is 0 Å². The molecule has 1 aromatic carbocycles. The maximum Gasteiger partial charge on any atom is 0.255 e. The normalized spacial score (nSPS) is 11.9. The summed E-state index contributed by atoms with van der Waals surface area (Å²) >= 11 is 3.44. The predicted molar refractivity (Wildman–Crippen MR) is 76.2 cm³/mol. The molecular weight excluding hydrogens is 314 g/mol. The number of amides is 1. The lowest BCUT2D eigenvalue weighted by Crippen LogP contribution is -2.27. The zero-order valence-electron chi connectivity index (χ0n) is 11.0. The van der Waals surface area contributed by atoms with Crippen molar-refractivity contribution in [2.75, 3.05) is 27.4 Å².